The first kappa shape index (κ1) is 11.3. The predicted molar refractivity (Wildman–Crippen MR) is 65.9 cm³/mol. The maximum absolute atomic E-state index is 11.8. The molecular formula is C12H10N6O. The monoisotopic (exact) mass is 254 g/mol. The number of nitrogens with zero attached hydrogens (tertiary/aromatic N) is 5. The van der Waals surface area contributed by atoms with Crippen molar-refractivity contribution in [3.05, 3.63) is 24.2 Å². The molecular weight excluding hydrogens is 244 g/mol. The third-order valence-corrected chi connectivity index (χ3v) is 2.95. The number of carbonyl (C=O) groups excluding carboxylic acids is 1. The number of aryl methyl sites for hydroxylation is 1. The van der Waals surface area contributed by atoms with E-state index in [0.29, 0.717) is 30.3 Å². The molecule has 1 aliphatic rings. The summed E-state index contributed by atoms with van der Waals surface area (Å²) in [6, 6.07) is 1.98. The van der Waals surface area contributed by atoms with E-state index in [1.165, 1.54) is 4.90 Å². The molecule has 3 rings (SSSR count). The van der Waals surface area contributed by atoms with Crippen molar-refractivity contribution in [2.75, 3.05) is 11.4 Å². The van der Waals surface area contributed by atoms with E-state index in [1.807, 2.05) is 6.07 Å². The van der Waals surface area contributed by atoms with Gasteiger partial charge in [-0.1, -0.05) is 0 Å². The molecule has 0 saturated heterocycles. The summed E-state index contributed by atoms with van der Waals surface area (Å²) in [7, 11) is 0. The normalized spacial score (nSPS) is 14.1. The molecule has 7 nitrogen and oxygen atoms in total. The van der Waals surface area contributed by atoms with Gasteiger partial charge in [0.15, 0.2) is 11.6 Å². The maximum atomic E-state index is 11.8. The zero-order valence-corrected chi connectivity index (χ0v) is 10.00. The molecule has 1 amide bonds. The lowest BCUT2D eigenvalue weighted by molar-refractivity contribution is -0.118. The number of fused-ring (bicyclic) bond motifs is 1. The number of aromatic amines is 1. The molecule has 94 valence electrons. The summed E-state index contributed by atoms with van der Waals surface area (Å²) in [6.45, 7) is 0.000438. The summed E-state index contributed by atoms with van der Waals surface area (Å²) < 4.78 is 0. The van der Waals surface area contributed by atoms with Gasteiger partial charge in [-0.2, -0.15) is 5.26 Å². The van der Waals surface area contributed by atoms with Crippen LogP contribution in [0.5, 0.6) is 0 Å². The lowest BCUT2D eigenvalue weighted by atomic mass is 10.1. The van der Waals surface area contributed by atoms with Gasteiger partial charge in [-0.15, -0.1) is 0 Å². The molecule has 0 fully saturated rings. The highest BCUT2D eigenvalue weighted by molar-refractivity contribution is 5.95. The number of imidazole rings is 1. The number of hydrogen-bond donors (Lipinski definition) is 1. The number of amides is 1. The van der Waals surface area contributed by atoms with Crippen LogP contribution in [0, 0.1) is 11.3 Å². The van der Waals surface area contributed by atoms with Crippen molar-refractivity contribution < 1.29 is 4.79 Å². The Morgan fingerprint density at radius 3 is 3.05 bits per heavy atom. The quantitative estimate of drug-likeness (QED) is 0.794. The minimum Gasteiger partial charge on any atom is -0.342 e. The maximum Gasteiger partial charge on any atom is 0.229 e. The Kier molecular flexibility index (Phi) is 2.68. The second-order valence-electron chi connectivity index (χ2n) is 4.12. The van der Waals surface area contributed by atoms with Gasteiger partial charge in [-0.3, -0.25) is 9.69 Å². The van der Waals surface area contributed by atoms with E-state index in [9.17, 15) is 4.79 Å². The Labute approximate surface area is 108 Å². The van der Waals surface area contributed by atoms with E-state index in [2.05, 4.69) is 19.9 Å². The predicted octanol–water partition coefficient (Wildman–Crippen LogP) is 0.669. The molecule has 0 aliphatic carbocycles. The summed E-state index contributed by atoms with van der Waals surface area (Å²) in [5, 5.41) is 8.81. The van der Waals surface area contributed by atoms with Gasteiger partial charge in [0.1, 0.15) is 12.4 Å². The first-order chi connectivity index (χ1) is 9.29. The van der Waals surface area contributed by atoms with Gasteiger partial charge < -0.3 is 4.98 Å². The van der Waals surface area contributed by atoms with Crippen LogP contribution in [0.2, 0.25) is 0 Å². The van der Waals surface area contributed by atoms with Crippen LogP contribution in [0.25, 0.3) is 11.6 Å². The fourth-order valence-corrected chi connectivity index (χ4v) is 2.04. The van der Waals surface area contributed by atoms with Crippen LogP contribution in [0.3, 0.4) is 0 Å². The second-order valence-corrected chi connectivity index (χ2v) is 4.12. The number of aromatic nitrogens is 4. The molecule has 3 heterocycles. The van der Waals surface area contributed by atoms with Gasteiger partial charge in [-0.05, 0) is 6.42 Å². The van der Waals surface area contributed by atoms with Crippen LogP contribution in [0.4, 0.5) is 5.82 Å². The third kappa shape index (κ3) is 1.93. The topological polar surface area (TPSA) is 98.6 Å². The number of nitrogens with one attached hydrogen (secondary N) is 1. The molecule has 1 aliphatic heterocycles. The molecule has 19 heavy (non-hydrogen) atoms. The Bertz CT molecular complexity index is 657. The largest absolute Gasteiger partial charge is 0.342 e. The van der Waals surface area contributed by atoms with Crippen LogP contribution in [0.15, 0.2) is 18.6 Å². The van der Waals surface area contributed by atoms with Gasteiger partial charge in [-0.25, -0.2) is 15.0 Å². The first-order valence-electron chi connectivity index (χ1n) is 5.82. The average molecular weight is 254 g/mol. The zero-order valence-electron chi connectivity index (χ0n) is 10.00. The fraction of sp³-hybridized carbons (Fsp3) is 0.250. The zero-order chi connectivity index (χ0) is 13.2. The summed E-state index contributed by atoms with van der Waals surface area (Å²) in [4.78, 5) is 28.8. The van der Waals surface area contributed by atoms with Crippen molar-refractivity contribution in [3.8, 4) is 17.7 Å². The molecule has 7 heteroatoms. The van der Waals surface area contributed by atoms with Crippen molar-refractivity contribution in [3.63, 3.8) is 0 Å². The molecule has 0 aromatic carbocycles. The van der Waals surface area contributed by atoms with Crippen molar-refractivity contribution >= 4 is 11.7 Å². The third-order valence-electron chi connectivity index (χ3n) is 2.95. The lowest BCUT2D eigenvalue weighted by Crippen LogP contribution is -2.36. The van der Waals surface area contributed by atoms with Crippen molar-refractivity contribution in [2.45, 2.75) is 12.8 Å². The smallest absolute Gasteiger partial charge is 0.229 e. The highest BCUT2D eigenvalue weighted by atomic mass is 16.2. The molecule has 1 N–H and O–H groups in total. The number of hydrogen-bond acceptors (Lipinski definition) is 5. The molecule has 2 aromatic rings. The average Bonchev–Trinajstić information content (AvgIpc) is 2.96. The van der Waals surface area contributed by atoms with Gasteiger partial charge in [0.2, 0.25) is 5.91 Å². The van der Waals surface area contributed by atoms with Crippen LogP contribution in [-0.2, 0) is 11.2 Å². The molecule has 0 atom stereocenters. The number of nitriles is 1. The first-order valence-corrected chi connectivity index (χ1v) is 5.82. The fourth-order valence-electron chi connectivity index (χ4n) is 2.04. The second kappa shape index (κ2) is 4.49. The standard InChI is InChI=1S/C12H10N6O/c13-3-6-18-9(19)2-1-8-7-16-11(17-12(8)18)10-14-4-5-15-10/h4-5,7H,1-2,6H2,(H,14,15). The number of carbonyl (C=O) groups is 1. The number of anilines is 1. The van der Waals surface area contributed by atoms with Gasteiger partial charge in [0.25, 0.3) is 0 Å². The van der Waals surface area contributed by atoms with Crippen LogP contribution in [0.1, 0.15) is 12.0 Å². The molecule has 0 saturated carbocycles. The van der Waals surface area contributed by atoms with Crippen molar-refractivity contribution in [2.24, 2.45) is 0 Å². The highest BCUT2D eigenvalue weighted by Gasteiger charge is 2.26. The van der Waals surface area contributed by atoms with E-state index < -0.39 is 0 Å². The Morgan fingerprint density at radius 2 is 2.32 bits per heavy atom. The van der Waals surface area contributed by atoms with Crippen LogP contribution < -0.4 is 4.90 Å². The molecule has 2 aromatic heterocycles. The Hall–Kier alpha value is -2.75. The lowest BCUT2D eigenvalue weighted by Gasteiger charge is -2.25. The Balaban J connectivity index is 2.07. The minimum atomic E-state index is -0.0851. The van der Waals surface area contributed by atoms with Gasteiger partial charge in [0, 0.05) is 30.6 Å². The van der Waals surface area contributed by atoms with Gasteiger partial charge in [0.05, 0.1) is 6.07 Å². The summed E-state index contributed by atoms with van der Waals surface area (Å²) in [5.74, 6) is 1.39. The number of H-pyrrole nitrogens is 1. The minimum absolute atomic E-state index is 0.000438. The van der Waals surface area contributed by atoms with E-state index in [-0.39, 0.29) is 12.5 Å². The van der Waals surface area contributed by atoms with E-state index >= 15 is 0 Å². The van der Waals surface area contributed by atoms with Crippen molar-refractivity contribution in [1.29, 1.82) is 5.26 Å². The summed E-state index contributed by atoms with van der Waals surface area (Å²) >= 11 is 0. The van der Waals surface area contributed by atoms with Crippen molar-refractivity contribution in [1.82, 2.24) is 19.9 Å². The SMILES string of the molecule is N#CCN1C(=O)CCc2cnc(-c3ncc[nH]3)nc21. The highest BCUT2D eigenvalue weighted by Crippen LogP contribution is 2.26. The van der Waals surface area contributed by atoms with E-state index in [0.717, 1.165) is 5.56 Å². The van der Waals surface area contributed by atoms with Gasteiger partial charge >= 0.3 is 0 Å². The summed E-state index contributed by atoms with van der Waals surface area (Å²) in [6.07, 6.45) is 5.97. The molecule has 0 bridgehead atoms. The summed E-state index contributed by atoms with van der Waals surface area (Å²) in [5.41, 5.74) is 0.880. The molecule has 0 spiro atoms. The van der Waals surface area contributed by atoms with Crippen LogP contribution >= 0.6 is 0 Å². The Morgan fingerprint density at radius 1 is 1.42 bits per heavy atom. The molecule has 0 unspecified atom stereocenters. The number of rotatable bonds is 2. The molecule has 0 radical (unpaired) electrons. The van der Waals surface area contributed by atoms with E-state index in [4.69, 9.17) is 5.26 Å². The van der Waals surface area contributed by atoms with Crippen LogP contribution in [-0.4, -0.2) is 32.4 Å². The van der Waals surface area contributed by atoms with E-state index in [1.54, 1.807) is 18.6 Å².